The highest BCUT2D eigenvalue weighted by molar-refractivity contribution is 5.36. The van der Waals surface area contributed by atoms with E-state index >= 15 is 0 Å². The number of aryl methyl sites for hydroxylation is 3. The molecular formula is C18H26N4O. The zero-order valence-electron chi connectivity index (χ0n) is 14.5. The van der Waals surface area contributed by atoms with Gasteiger partial charge in [0.15, 0.2) is 0 Å². The van der Waals surface area contributed by atoms with Gasteiger partial charge in [-0.3, -0.25) is 4.90 Å². The van der Waals surface area contributed by atoms with Crippen molar-refractivity contribution in [3.63, 3.8) is 0 Å². The molecule has 0 radical (unpaired) electrons. The number of methoxy groups -OCH3 is 1. The fraction of sp³-hybridized carbons (Fsp3) is 0.556. The van der Waals surface area contributed by atoms with Crippen LogP contribution >= 0.6 is 0 Å². The molecule has 1 aliphatic heterocycles. The van der Waals surface area contributed by atoms with Crippen LogP contribution in [0.2, 0.25) is 0 Å². The molecule has 1 atom stereocenters. The van der Waals surface area contributed by atoms with Crippen molar-refractivity contribution in [2.75, 3.05) is 13.7 Å². The van der Waals surface area contributed by atoms with Crippen LogP contribution in [0.1, 0.15) is 35.6 Å². The van der Waals surface area contributed by atoms with Crippen LogP contribution in [0.15, 0.2) is 18.2 Å². The Kier molecular flexibility index (Phi) is 4.66. The highest BCUT2D eigenvalue weighted by Gasteiger charge is 2.26. The molecule has 2 heterocycles. The first-order chi connectivity index (χ1) is 11.1. The van der Waals surface area contributed by atoms with Crippen molar-refractivity contribution < 1.29 is 4.74 Å². The summed E-state index contributed by atoms with van der Waals surface area (Å²) in [6, 6.07) is 6.92. The normalized spacial score (nSPS) is 18.5. The minimum absolute atomic E-state index is 0.514. The highest BCUT2D eigenvalue weighted by Crippen LogP contribution is 2.26. The molecule has 1 saturated heterocycles. The molecule has 5 nitrogen and oxygen atoms in total. The van der Waals surface area contributed by atoms with Crippen molar-refractivity contribution in [2.45, 2.75) is 52.7 Å². The Bertz CT molecular complexity index is 680. The lowest BCUT2D eigenvalue weighted by Crippen LogP contribution is -2.33. The van der Waals surface area contributed by atoms with Crippen molar-refractivity contribution in [1.29, 1.82) is 0 Å². The molecule has 1 aromatic carbocycles. The van der Waals surface area contributed by atoms with Gasteiger partial charge < -0.3 is 4.74 Å². The van der Waals surface area contributed by atoms with Gasteiger partial charge in [-0.15, -0.1) is 0 Å². The van der Waals surface area contributed by atoms with Crippen LogP contribution in [0.4, 0.5) is 0 Å². The molecule has 0 aliphatic carbocycles. The smallest absolute Gasteiger partial charge is 0.147 e. The number of hydrogen-bond donors (Lipinski definition) is 0. The summed E-state index contributed by atoms with van der Waals surface area (Å²) in [7, 11) is 1.75. The fourth-order valence-corrected chi connectivity index (χ4v) is 3.49. The number of rotatable bonds is 5. The highest BCUT2D eigenvalue weighted by atomic mass is 16.5. The Balaban J connectivity index is 1.74. The standard InChI is InChI=1S/C18H26N4O/c1-13-7-8-18(23-4)16(10-13)11-21-9-5-6-17(21)12-22-15(3)19-14(2)20-22/h7-8,10,17H,5-6,9,11-12H2,1-4H3/t17-/m0/s1. The van der Waals surface area contributed by atoms with Crippen LogP contribution in [0.25, 0.3) is 0 Å². The Morgan fingerprint density at radius 3 is 2.78 bits per heavy atom. The molecule has 1 aromatic heterocycles. The molecule has 124 valence electrons. The van der Waals surface area contributed by atoms with Crippen molar-refractivity contribution >= 4 is 0 Å². The topological polar surface area (TPSA) is 43.2 Å². The molecule has 0 amide bonds. The maximum atomic E-state index is 5.53. The summed E-state index contributed by atoms with van der Waals surface area (Å²) in [5.41, 5.74) is 2.55. The van der Waals surface area contributed by atoms with Crippen LogP contribution in [0, 0.1) is 20.8 Å². The quantitative estimate of drug-likeness (QED) is 0.851. The van der Waals surface area contributed by atoms with E-state index in [2.05, 4.69) is 40.1 Å². The largest absolute Gasteiger partial charge is 0.496 e. The summed E-state index contributed by atoms with van der Waals surface area (Å²) in [4.78, 5) is 6.96. The van der Waals surface area contributed by atoms with E-state index in [4.69, 9.17) is 4.74 Å². The monoisotopic (exact) mass is 314 g/mol. The third-order valence-electron chi connectivity index (χ3n) is 4.65. The van der Waals surface area contributed by atoms with E-state index in [1.54, 1.807) is 7.11 Å². The van der Waals surface area contributed by atoms with Crippen molar-refractivity contribution in [3.8, 4) is 5.75 Å². The lowest BCUT2D eigenvalue weighted by Gasteiger charge is -2.25. The summed E-state index contributed by atoms with van der Waals surface area (Å²) in [5, 5.41) is 4.52. The van der Waals surface area contributed by atoms with Crippen LogP contribution in [-0.4, -0.2) is 39.4 Å². The molecule has 5 heteroatoms. The number of aromatic nitrogens is 3. The SMILES string of the molecule is COc1ccc(C)cc1CN1CCC[C@H]1Cn1nc(C)nc1C. The Morgan fingerprint density at radius 1 is 1.26 bits per heavy atom. The fourth-order valence-electron chi connectivity index (χ4n) is 3.49. The zero-order valence-corrected chi connectivity index (χ0v) is 14.5. The van der Waals surface area contributed by atoms with Crippen molar-refractivity contribution in [3.05, 3.63) is 41.0 Å². The molecule has 0 spiro atoms. The van der Waals surface area contributed by atoms with Gasteiger partial charge in [0.25, 0.3) is 0 Å². The number of likely N-dealkylation sites (tertiary alicyclic amines) is 1. The molecule has 0 unspecified atom stereocenters. The molecular weight excluding hydrogens is 288 g/mol. The minimum atomic E-state index is 0.514. The third kappa shape index (κ3) is 3.55. The van der Waals surface area contributed by atoms with Crippen molar-refractivity contribution in [1.82, 2.24) is 19.7 Å². The average molecular weight is 314 g/mol. The van der Waals surface area contributed by atoms with Crippen LogP contribution in [0.3, 0.4) is 0 Å². The molecule has 1 fully saturated rings. The maximum Gasteiger partial charge on any atom is 0.147 e. The van der Waals surface area contributed by atoms with Gasteiger partial charge in [0.05, 0.1) is 13.7 Å². The summed E-state index contributed by atoms with van der Waals surface area (Å²) in [6.45, 7) is 9.10. The van der Waals surface area contributed by atoms with Gasteiger partial charge in [-0.2, -0.15) is 5.10 Å². The third-order valence-corrected chi connectivity index (χ3v) is 4.65. The number of benzene rings is 1. The predicted molar refractivity (Wildman–Crippen MR) is 90.7 cm³/mol. The van der Waals surface area contributed by atoms with Gasteiger partial charge in [-0.25, -0.2) is 9.67 Å². The van der Waals surface area contributed by atoms with Gasteiger partial charge in [-0.1, -0.05) is 17.7 Å². The van der Waals surface area contributed by atoms with Gasteiger partial charge in [0.2, 0.25) is 0 Å². The van der Waals surface area contributed by atoms with Crippen LogP contribution in [0.5, 0.6) is 5.75 Å². The molecule has 23 heavy (non-hydrogen) atoms. The van der Waals surface area contributed by atoms with Crippen molar-refractivity contribution in [2.24, 2.45) is 0 Å². The van der Waals surface area contributed by atoms with Gasteiger partial charge in [0, 0.05) is 18.2 Å². The first kappa shape index (κ1) is 16.0. The van der Waals surface area contributed by atoms with E-state index < -0.39 is 0 Å². The Labute approximate surface area is 138 Å². The van der Waals surface area contributed by atoms with E-state index in [0.717, 1.165) is 37.0 Å². The maximum absolute atomic E-state index is 5.53. The minimum Gasteiger partial charge on any atom is -0.496 e. The molecule has 3 rings (SSSR count). The average Bonchev–Trinajstić information content (AvgIpc) is 3.06. The molecule has 0 bridgehead atoms. The Hall–Kier alpha value is -1.88. The second-order valence-corrected chi connectivity index (χ2v) is 6.47. The van der Waals surface area contributed by atoms with Crippen LogP contribution in [-0.2, 0) is 13.1 Å². The zero-order chi connectivity index (χ0) is 16.4. The first-order valence-corrected chi connectivity index (χ1v) is 8.32. The van der Waals surface area contributed by atoms with E-state index in [0.29, 0.717) is 6.04 Å². The molecule has 0 N–H and O–H groups in total. The number of ether oxygens (including phenoxy) is 1. The summed E-state index contributed by atoms with van der Waals surface area (Å²) in [6.07, 6.45) is 2.46. The lowest BCUT2D eigenvalue weighted by atomic mass is 10.1. The first-order valence-electron chi connectivity index (χ1n) is 8.32. The Morgan fingerprint density at radius 2 is 2.09 bits per heavy atom. The van der Waals surface area contributed by atoms with E-state index in [1.807, 2.05) is 18.5 Å². The van der Waals surface area contributed by atoms with E-state index in [-0.39, 0.29) is 0 Å². The van der Waals surface area contributed by atoms with Gasteiger partial charge in [-0.05, 0) is 46.2 Å². The number of nitrogens with zero attached hydrogens (tertiary/aromatic N) is 4. The molecule has 1 aliphatic rings. The summed E-state index contributed by atoms with van der Waals surface area (Å²) >= 11 is 0. The van der Waals surface area contributed by atoms with E-state index in [1.165, 1.54) is 24.0 Å². The second kappa shape index (κ2) is 6.71. The van der Waals surface area contributed by atoms with E-state index in [9.17, 15) is 0 Å². The second-order valence-electron chi connectivity index (χ2n) is 6.47. The number of hydrogen-bond acceptors (Lipinski definition) is 4. The molecule has 0 saturated carbocycles. The summed E-state index contributed by atoms with van der Waals surface area (Å²) in [5.74, 6) is 2.84. The van der Waals surface area contributed by atoms with Gasteiger partial charge in [0.1, 0.15) is 17.4 Å². The molecule has 2 aromatic rings. The summed E-state index contributed by atoms with van der Waals surface area (Å²) < 4.78 is 7.58. The predicted octanol–water partition coefficient (Wildman–Crippen LogP) is 2.88. The van der Waals surface area contributed by atoms with Crippen LogP contribution < -0.4 is 4.74 Å². The van der Waals surface area contributed by atoms with Gasteiger partial charge >= 0.3 is 0 Å². The lowest BCUT2D eigenvalue weighted by molar-refractivity contribution is 0.215.